The van der Waals surface area contributed by atoms with E-state index in [-0.39, 0.29) is 6.07 Å². The Balaban J connectivity index is 3.96. The standard InChI is InChI=1S/C13H13F5O4S/c1-6(2)23(21,22)10-7(3)8(11(19)20)4-5-9(10)12(14,15)13(16,17)18/h4-6H,1-3H3,(H,19,20). The second kappa shape index (κ2) is 5.73. The average Bonchev–Trinajstić information content (AvgIpc) is 2.35. The molecule has 0 unspecified atom stereocenters. The Hall–Kier alpha value is -1.71. The number of halogens is 5. The smallest absolute Gasteiger partial charge is 0.458 e. The van der Waals surface area contributed by atoms with Gasteiger partial charge in [-0.05, 0) is 32.4 Å². The summed E-state index contributed by atoms with van der Waals surface area (Å²) < 4.78 is 89.7. The van der Waals surface area contributed by atoms with E-state index in [1.165, 1.54) is 0 Å². The number of hydrogen-bond donors (Lipinski definition) is 1. The van der Waals surface area contributed by atoms with Crippen LogP contribution < -0.4 is 0 Å². The molecule has 0 radical (unpaired) electrons. The summed E-state index contributed by atoms with van der Waals surface area (Å²) in [6, 6.07) is 0.727. The fourth-order valence-corrected chi connectivity index (χ4v) is 3.44. The van der Waals surface area contributed by atoms with Crippen LogP contribution in [-0.4, -0.2) is 30.9 Å². The summed E-state index contributed by atoms with van der Waals surface area (Å²) in [7, 11) is -4.58. The molecule has 0 aromatic heterocycles. The lowest BCUT2D eigenvalue weighted by atomic mass is 10.0. The van der Waals surface area contributed by atoms with Crippen molar-refractivity contribution in [2.45, 2.75) is 43.0 Å². The van der Waals surface area contributed by atoms with Gasteiger partial charge >= 0.3 is 18.1 Å². The number of hydrogen-bond acceptors (Lipinski definition) is 3. The SMILES string of the molecule is Cc1c(C(=O)O)ccc(C(F)(F)C(F)(F)F)c1S(=O)(=O)C(C)C. The number of carbonyl (C=O) groups is 1. The van der Waals surface area contributed by atoms with E-state index in [9.17, 15) is 35.2 Å². The van der Waals surface area contributed by atoms with Gasteiger partial charge in [0, 0.05) is 5.56 Å². The molecule has 0 fully saturated rings. The number of benzene rings is 1. The van der Waals surface area contributed by atoms with Crippen LogP contribution in [0.1, 0.15) is 35.3 Å². The lowest BCUT2D eigenvalue weighted by Crippen LogP contribution is -2.36. The van der Waals surface area contributed by atoms with Gasteiger partial charge in [0.15, 0.2) is 9.84 Å². The van der Waals surface area contributed by atoms with Crippen molar-refractivity contribution in [2.75, 3.05) is 0 Å². The van der Waals surface area contributed by atoms with E-state index < -0.39 is 54.7 Å². The van der Waals surface area contributed by atoms with Crippen LogP contribution in [0.25, 0.3) is 0 Å². The van der Waals surface area contributed by atoms with Crippen LogP contribution >= 0.6 is 0 Å². The number of sulfone groups is 1. The van der Waals surface area contributed by atoms with E-state index in [2.05, 4.69) is 0 Å². The molecule has 4 nitrogen and oxygen atoms in total. The largest absolute Gasteiger partial charge is 0.478 e. The van der Waals surface area contributed by atoms with Gasteiger partial charge in [-0.15, -0.1) is 0 Å². The molecule has 0 amide bonds. The van der Waals surface area contributed by atoms with Crippen molar-refractivity contribution in [2.24, 2.45) is 0 Å². The maximum atomic E-state index is 13.7. The molecule has 1 N–H and O–H groups in total. The molecule has 1 aromatic rings. The van der Waals surface area contributed by atoms with Crippen molar-refractivity contribution in [1.29, 1.82) is 0 Å². The topological polar surface area (TPSA) is 71.4 Å². The van der Waals surface area contributed by atoms with Crippen LogP contribution in [0.2, 0.25) is 0 Å². The summed E-state index contributed by atoms with van der Waals surface area (Å²) in [5.74, 6) is -7.07. The first-order valence-corrected chi connectivity index (χ1v) is 7.76. The molecule has 0 aliphatic rings. The third kappa shape index (κ3) is 3.17. The highest BCUT2D eigenvalue weighted by molar-refractivity contribution is 7.92. The van der Waals surface area contributed by atoms with Crippen LogP contribution in [0.5, 0.6) is 0 Å². The third-order valence-corrected chi connectivity index (χ3v) is 5.57. The molecule has 1 aromatic carbocycles. The molecule has 0 saturated carbocycles. The molecule has 0 heterocycles. The number of aromatic carboxylic acids is 1. The molecule has 0 atom stereocenters. The zero-order chi connectivity index (χ0) is 18.4. The first-order valence-electron chi connectivity index (χ1n) is 6.21. The Kier molecular flexibility index (Phi) is 4.82. The lowest BCUT2D eigenvalue weighted by Gasteiger charge is -2.25. The Morgan fingerprint density at radius 2 is 1.61 bits per heavy atom. The van der Waals surface area contributed by atoms with Crippen molar-refractivity contribution < 1.29 is 40.3 Å². The minimum atomic E-state index is -6.02. The molecule has 0 spiro atoms. The summed E-state index contributed by atoms with van der Waals surface area (Å²) in [5, 5.41) is 7.63. The molecule has 0 aliphatic carbocycles. The normalized spacial score (nSPS) is 13.4. The highest BCUT2D eigenvalue weighted by Gasteiger charge is 2.60. The minimum absolute atomic E-state index is 0.194. The third-order valence-electron chi connectivity index (χ3n) is 3.24. The molecular weight excluding hydrogens is 347 g/mol. The predicted molar refractivity (Wildman–Crippen MR) is 70.4 cm³/mol. The Bertz CT molecular complexity index is 735. The van der Waals surface area contributed by atoms with Crippen LogP contribution in [-0.2, 0) is 15.8 Å². The first kappa shape index (κ1) is 19.3. The van der Waals surface area contributed by atoms with Crippen LogP contribution in [0, 0.1) is 6.92 Å². The molecule has 0 aliphatic heterocycles. The van der Waals surface area contributed by atoms with Crippen LogP contribution in [0.4, 0.5) is 22.0 Å². The zero-order valence-electron chi connectivity index (χ0n) is 12.2. The minimum Gasteiger partial charge on any atom is -0.478 e. The van der Waals surface area contributed by atoms with Crippen molar-refractivity contribution in [3.05, 3.63) is 28.8 Å². The zero-order valence-corrected chi connectivity index (χ0v) is 13.0. The molecule has 23 heavy (non-hydrogen) atoms. The second-order valence-corrected chi connectivity index (χ2v) is 7.53. The summed E-state index contributed by atoms with van der Waals surface area (Å²) in [6.07, 6.45) is -6.02. The highest BCUT2D eigenvalue weighted by atomic mass is 32.2. The van der Waals surface area contributed by atoms with Gasteiger partial charge in [0.05, 0.1) is 15.7 Å². The van der Waals surface area contributed by atoms with E-state index in [4.69, 9.17) is 5.11 Å². The van der Waals surface area contributed by atoms with Crippen molar-refractivity contribution in [3.8, 4) is 0 Å². The predicted octanol–water partition coefficient (Wildman–Crippen LogP) is 3.53. The average molecular weight is 360 g/mol. The monoisotopic (exact) mass is 360 g/mol. The summed E-state index contributed by atoms with van der Waals surface area (Å²) in [5.41, 5.74) is -3.10. The Morgan fingerprint density at radius 1 is 1.13 bits per heavy atom. The number of carboxylic acids is 1. The first-order chi connectivity index (χ1) is 10.2. The second-order valence-electron chi connectivity index (χ2n) is 5.09. The molecule has 1 rings (SSSR count). The summed E-state index contributed by atoms with van der Waals surface area (Å²) >= 11 is 0. The summed E-state index contributed by atoms with van der Waals surface area (Å²) in [6.45, 7) is 3.07. The van der Waals surface area contributed by atoms with E-state index in [0.717, 1.165) is 20.8 Å². The van der Waals surface area contributed by atoms with E-state index in [1.54, 1.807) is 0 Å². The van der Waals surface area contributed by atoms with Crippen LogP contribution in [0.3, 0.4) is 0 Å². The van der Waals surface area contributed by atoms with Crippen molar-refractivity contribution in [1.82, 2.24) is 0 Å². The maximum absolute atomic E-state index is 13.7. The fraction of sp³-hybridized carbons (Fsp3) is 0.462. The Morgan fingerprint density at radius 3 is 1.96 bits per heavy atom. The van der Waals surface area contributed by atoms with E-state index in [0.29, 0.717) is 6.07 Å². The van der Waals surface area contributed by atoms with Gasteiger partial charge in [0.1, 0.15) is 0 Å². The van der Waals surface area contributed by atoms with Crippen LogP contribution in [0.15, 0.2) is 17.0 Å². The van der Waals surface area contributed by atoms with Gasteiger partial charge in [-0.25, -0.2) is 13.2 Å². The molecule has 0 saturated heterocycles. The van der Waals surface area contributed by atoms with E-state index >= 15 is 0 Å². The number of alkyl halides is 5. The molecule has 0 bridgehead atoms. The quantitative estimate of drug-likeness (QED) is 0.834. The molecule has 130 valence electrons. The van der Waals surface area contributed by atoms with Crippen molar-refractivity contribution >= 4 is 15.8 Å². The van der Waals surface area contributed by atoms with Gasteiger partial charge in [-0.3, -0.25) is 0 Å². The van der Waals surface area contributed by atoms with Gasteiger partial charge in [0.2, 0.25) is 0 Å². The molecule has 10 heteroatoms. The van der Waals surface area contributed by atoms with Crippen molar-refractivity contribution in [3.63, 3.8) is 0 Å². The van der Waals surface area contributed by atoms with Gasteiger partial charge in [0.25, 0.3) is 0 Å². The van der Waals surface area contributed by atoms with E-state index in [1.807, 2.05) is 0 Å². The molecular formula is C13H13F5O4S. The number of carboxylic acid groups (broad SMARTS) is 1. The Labute approximate surface area is 128 Å². The highest BCUT2D eigenvalue weighted by Crippen LogP contribution is 2.47. The maximum Gasteiger partial charge on any atom is 0.458 e. The van der Waals surface area contributed by atoms with Gasteiger partial charge < -0.3 is 5.11 Å². The van der Waals surface area contributed by atoms with Gasteiger partial charge in [-0.2, -0.15) is 22.0 Å². The number of rotatable bonds is 4. The lowest BCUT2D eigenvalue weighted by molar-refractivity contribution is -0.290. The van der Waals surface area contributed by atoms with Gasteiger partial charge in [-0.1, -0.05) is 6.07 Å². The fourth-order valence-electron chi connectivity index (χ4n) is 1.93. The summed E-state index contributed by atoms with van der Waals surface area (Å²) in [4.78, 5) is 9.73.